The summed E-state index contributed by atoms with van der Waals surface area (Å²) in [6.45, 7) is 2.21. The number of aromatic nitrogens is 2. The molecule has 3 aromatic rings. The van der Waals surface area contributed by atoms with Gasteiger partial charge in [0, 0.05) is 12.3 Å². The Kier molecular flexibility index (Phi) is 3.23. The molecule has 2 aromatic heterocycles. The highest BCUT2D eigenvalue weighted by molar-refractivity contribution is 5.96. The molecule has 0 fully saturated rings. The number of nitro benzene ring substituents is 1. The minimum absolute atomic E-state index is 0.0376. The van der Waals surface area contributed by atoms with Crippen molar-refractivity contribution in [2.24, 2.45) is 0 Å². The number of aryl methyl sites for hydroxylation is 1. The highest BCUT2D eigenvalue weighted by atomic mass is 16.6. The van der Waals surface area contributed by atoms with E-state index < -0.39 is 4.92 Å². The first-order valence-corrected chi connectivity index (χ1v) is 6.32. The molecule has 0 saturated heterocycles. The van der Waals surface area contributed by atoms with E-state index in [1.54, 1.807) is 30.6 Å². The van der Waals surface area contributed by atoms with Crippen LogP contribution in [0.15, 0.2) is 41.1 Å². The molecule has 21 heavy (non-hydrogen) atoms. The largest absolute Gasteiger partial charge is 0.444 e. The van der Waals surface area contributed by atoms with Crippen LogP contribution in [0.1, 0.15) is 11.7 Å². The Morgan fingerprint density at radius 1 is 1.33 bits per heavy atom. The summed E-state index contributed by atoms with van der Waals surface area (Å²) in [4.78, 5) is 19.0. The molecule has 0 saturated carbocycles. The molecular formula is C14H12N4O3. The van der Waals surface area contributed by atoms with Gasteiger partial charge in [0.05, 0.1) is 28.7 Å². The second kappa shape index (κ2) is 5.20. The van der Waals surface area contributed by atoms with Crippen molar-refractivity contribution in [3.05, 3.63) is 58.4 Å². The molecule has 7 heteroatoms. The molecular weight excluding hydrogens is 272 g/mol. The lowest BCUT2D eigenvalue weighted by molar-refractivity contribution is -0.383. The summed E-state index contributed by atoms with van der Waals surface area (Å²) in [5, 5.41) is 14.7. The lowest BCUT2D eigenvalue weighted by Crippen LogP contribution is -2.01. The summed E-state index contributed by atoms with van der Waals surface area (Å²) in [5.74, 6) is 1.29. The van der Waals surface area contributed by atoms with E-state index in [9.17, 15) is 10.1 Å². The lowest BCUT2D eigenvalue weighted by atomic mass is 10.1. The first-order chi connectivity index (χ1) is 10.1. The van der Waals surface area contributed by atoms with Gasteiger partial charge in [0.1, 0.15) is 11.3 Å². The van der Waals surface area contributed by atoms with Gasteiger partial charge in [-0.3, -0.25) is 15.1 Å². The normalized spacial score (nSPS) is 10.7. The number of nitro groups is 1. The third-order valence-electron chi connectivity index (χ3n) is 3.04. The number of non-ortho nitro benzene ring substituents is 1. The van der Waals surface area contributed by atoms with Crippen LogP contribution in [0.4, 0.5) is 11.4 Å². The van der Waals surface area contributed by atoms with Gasteiger partial charge in [-0.1, -0.05) is 0 Å². The first-order valence-electron chi connectivity index (χ1n) is 6.32. The molecule has 0 bridgehead atoms. The molecule has 0 spiro atoms. The first kappa shape index (κ1) is 13.0. The van der Waals surface area contributed by atoms with E-state index in [0.717, 1.165) is 5.76 Å². The monoisotopic (exact) mass is 284 g/mol. The van der Waals surface area contributed by atoms with Crippen LogP contribution in [0.2, 0.25) is 0 Å². The SMILES string of the molecule is Cc1cnc(CNc2ccc([N+](=O)[O-])c3cccnc23)o1. The zero-order valence-corrected chi connectivity index (χ0v) is 11.2. The average Bonchev–Trinajstić information content (AvgIpc) is 2.90. The predicted octanol–water partition coefficient (Wildman–Crippen LogP) is 3.05. The topological polar surface area (TPSA) is 94.1 Å². The van der Waals surface area contributed by atoms with Crippen molar-refractivity contribution in [1.82, 2.24) is 9.97 Å². The van der Waals surface area contributed by atoms with Gasteiger partial charge in [-0.25, -0.2) is 4.98 Å². The van der Waals surface area contributed by atoms with Crippen molar-refractivity contribution in [1.29, 1.82) is 0 Å². The molecule has 7 nitrogen and oxygen atoms in total. The van der Waals surface area contributed by atoms with Crippen molar-refractivity contribution in [3.63, 3.8) is 0 Å². The summed E-state index contributed by atoms with van der Waals surface area (Å²) in [7, 11) is 0. The average molecular weight is 284 g/mol. The fourth-order valence-corrected chi connectivity index (χ4v) is 2.11. The molecule has 0 aliphatic heterocycles. The number of nitrogens with zero attached hydrogens (tertiary/aromatic N) is 3. The van der Waals surface area contributed by atoms with E-state index in [1.165, 1.54) is 6.07 Å². The van der Waals surface area contributed by atoms with Crippen molar-refractivity contribution >= 4 is 22.3 Å². The fourth-order valence-electron chi connectivity index (χ4n) is 2.11. The maximum absolute atomic E-state index is 11.0. The molecule has 0 unspecified atom stereocenters. The highest BCUT2D eigenvalue weighted by Gasteiger charge is 2.15. The molecule has 1 aromatic carbocycles. The fraction of sp³-hybridized carbons (Fsp3) is 0.143. The summed E-state index contributed by atoms with van der Waals surface area (Å²) < 4.78 is 5.38. The van der Waals surface area contributed by atoms with Gasteiger partial charge < -0.3 is 9.73 Å². The van der Waals surface area contributed by atoms with E-state index in [4.69, 9.17) is 4.42 Å². The molecule has 2 heterocycles. The molecule has 106 valence electrons. The zero-order chi connectivity index (χ0) is 14.8. The van der Waals surface area contributed by atoms with Gasteiger partial charge in [0.2, 0.25) is 5.89 Å². The van der Waals surface area contributed by atoms with Gasteiger partial charge in [0.15, 0.2) is 0 Å². The van der Waals surface area contributed by atoms with Crippen LogP contribution in [0, 0.1) is 17.0 Å². The second-order valence-corrected chi connectivity index (χ2v) is 4.51. The van der Waals surface area contributed by atoms with Gasteiger partial charge in [0.25, 0.3) is 5.69 Å². The lowest BCUT2D eigenvalue weighted by Gasteiger charge is -2.07. The number of nitrogens with one attached hydrogen (secondary N) is 1. The minimum atomic E-state index is -0.411. The van der Waals surface area contributed by atoms with Crippen molar-refractivity contribution in [2.75, 3.05) is 5.32 Å². The van der Waals surface area contributed by atoms with Crippen LogP contribution < -0.4 is 5.32 Å². The number of benzene rings is 1. The number of pyridine rings is 1. The maximum atomic E-state index is 11.0. The van der Waals surface area contributed by atoms with Crippen LogP contribution in [0.3, 0.4) is 0 Å². The number of oxazole rings is 1. The Morgan fingerprint density at radius 2 is 2.19 bits per heavy atom. The Bertz CT molecular complexity index is 813. The number of hydrogen-bond acceptors (Lipinski definition) is 6. The Morgan fingerprint density at radius 3 is 2.90 bits per heavy atom. The van der Waals surface area contributed by atoms with Crippen LogP contribution in [-0.4, -0.2) is 14.9 Å². The van der Waals surface area contributed by atoms with Crippen LogP contribution >= 0.6 is 0 Å². The molecule has 0 aliphatic carbocycles. The third-order valence-corrected chi connectivity index (χ3v) is 3.04. The van der Waals surface area contributed by atoms with Gasteiger partial charge >= 0.3 is 0 Å². The molecule has 0 amide bonds. The zero-order valence-electron chi connectivity index (χ0n) is 11.2. The third kappa shape index (κ3) is 2.53. The standard InChI is InChI=1S/C14H12N4O3/c1-9-7-17-13(21-9)8-16-11-4-5-12(18(19)20)10-3-2-6-15-14(10)11/h2-7,16H,8H2,1H3. The summed E-state index contributed by atoms with van der Waals surface area (Å²) >= 11 is 0. The Labute approximate surface area is 119 Å². The highest BCUT2D eigenvalue weighted by Crippen LogP contribution is 2.29. The molecule has 0 atom stereocenters. The maximum Gasteiger partial charge on any atom is 0.278 e. The predicted molar refractivity (Wildman–Crippen MR) is 77.0 cm³/mol. The number of rotatable bonds is 4. The number of fused-ring (bicyclic) bond motifs is 1. The van der Waals surface area contributed by atoms with E-state index in [0.29, 0.717) is 29.0 Å². The van der Waals surface area contributed by atoms with Crippen LogP contribution in [0.25, 0.3) is 10.9 Å². The van der Waals surface area contributed by atoms with Crippen molar-refractivity contribution in [3.8, 4) is 0 Å². The number of hydrogen-bond donors (Lipinski definition) is 1. The number of anilines is 1. The summed E-state index contributed by atoms with van der Waals surface area (Å²) in [6.07, 6.45) is 3.25. The van der Waals surface area contributed by atoms with Crippen LogP contribution in [-0.2, 0) is 6.54 Å². The smallest absolute Gasteiger partial charge is 0.278 e. The van der Waals surface area contributed by atoms with Crippen molar-refractivity contribution < 1.29 is 9.34 Å². The Balaban J connectivity index is 1.96. The Hall–Kier alpha value is -2.96. The van der Waals surface area contributed by atoms with E-state index in [2.05, 4.69) is 15.3 Å². The molecule has 0 aliphatic rings. The summed E-state index contributed by atoms with van der Waals surface area (Å²) in [6, 6.07) is 6.47. The minimum Gasteiger partial charge on any atom is -0.444 e. The van der Waals surface area contributed by atoms with Gasteiger partial charge in [-0.15, -0.1) is 0 Å². The van der Waals surface area contributed by atoms with E-state index in [-0.39, 0.29) is 5.69 Å². The van der Waals surface area contributed by atoms with Crippen LogP contribution in [0.5, 0.6) is 0 Å². The molecule has 1 N–H and O–H groups in total. The van der Waals surface area contributed by atoms with Gasteiger partial charge in [-0.05, 0) is 25.1 Å². The quantitative estimate of drug-likeness (QED) is 0.584. The second-order valence-electron chi connectivity index (χ2n) is 4.51. The summed E-state index contributed by atoms with van der Waals surface area (Å²) in [5.41, 5.74) is 1.29. The molecule has 3 rings (SSSR count). The molecule has 0 radical (unpaired) electrons. The van der Waals surface area contributed by atoms with E-state index >= 15 is 0 Å². The van der Waals surface area contributed by atoms with E-state index in [1.807, 2.05) is 6.92 Å². The van der Waals surface area contributed by atoms with Gasteiger partial charge in [-0.2, -0.15) is 0 Å². The van der Waals surface area contributed by atoms with Crippen molar-refractivity contribution in [2.45, 2.75) is 13.5 Å².